The molecule has 0 aromatic heterocycles. The van der Waals surface area contributed by atoms with E-state index in [2.05, 4.69) is 29.8 Å². The molecule has 4 heteroatoms. The molecular weight excluding hydrogens is 274 g/mol. The average molecular weight is 290 g/mol. The first kappa shape index (κ1) is 12.7. The predicted octanol–water partition coefficient (Wildman–Crippen LogP) is 2.94. The normalized spacial score (nSPS) is 13.1. The van der Waals surface area contributed by atoms with Crippen LogP contribution in [0.1, 0.15) is 19.4 Å². The molecule has 15 heavy (non-hydrogen) atoms. The summed E-state index contributed by atoms with van der Waals surface area (Å²) in [5.41, 5.74) is 7.50. The zero-order valence-corrected chi connectivity index (χ0v) is 11.4. The van der Waals surface area contributed by atoms with Crippen molar-refractivity contribution in [2.75, 3.05) is 11.5 Å². The summed E-state index contributed by atoms with van der Waals surface area (Å²) < 4.78 is 12.7. The molecule has 84 valence electrons. The van der Waals surface area contributed by atoms with E-state index in [-0.39, 0.29) is 0 Å². The van der Waals surface area contributed by atoms with Crippen LogP contribution < -0.4 is 5.73 Å². The van der Waals surface area contributed by atoms with Gasteiger partial charge in [-0.3, -0.25) is 4.21 Å². The molecule has 1 rings (SSSR count). The van der Waals surface area contributed by atoms with Crippen molar-refractivity contribution < 1.29 is 4.21 Å². The zero-order valence-electron chi connectivity index (χ0n) is 9.00. The minimum absolute atomic E-state index is 0.453. The van der Waals surface area contributed by atoms with Crippen molar-refractivity contribution in [1.82, 2.24) is 0 Å². The largest absolute Gasteiger partial charge is 0.398 e. The van der Waals surface area contributed by atoms with Gasteiger partial charge in [0.05, 0.1) is 5.75 Å². The van der Waals surface area contributed by atoms with Crippen molar-refractivity contribution >= 4 is 32.4 Å². The van der Waals surface area contributed by atoms with E-state index in [1.54, 1.807) is 0 Å². The number of anilines is 1. The summed E-state index contributed by atoms with van der Waals surface area (Å²) in [5, 5.41) is 0. The van der Waals surface area contributed by atoms with E-state index in [0.717, 1.165) is 15.8 Å². The van der Waals surface area contributed by atoms with Gasteiger partial charge in [0.2, 0.25) is 0 Å². The Morgan fingerprint density at radius 2 is 2.13 bits per heavy atom. The highest BCUT2D eigenvalue weighted by Gasteiger charge is 2.09. The molecule has 0 aliphatic rings. The number of rotatable bonds is 4. The molecule has 1 atom stereocenters. The van der Waals surface area contributed by atoms with Gasteiger partial charge in [0.25, 0.3) is 0 Å². The van der Waals surface area contributed by atoms with Gasteiger partial charge in [-0.2, -0.15) is 0 Å². The molecule has 0 aliphatic carbocycles. The topological polar surface area (TPSA) is 43.1 Å². The Kier molecular flexibility index (Phi) is 4.80. The highest BCUT2D eigenvalue weighted by Crippen LogP contribution is 2.24. The van der Waals surface area contributed by atoms with E-state index >= 15 is 0 Å². The summed E-state index contributed by atoms with van der Waals surface area (Å²) in [4.78, 5) is 0. The number of nitrogen functional groups attached to an aromatic ring is 1. The maximum atomic E-state index is 11.8. The van der Waals surface area contributed by atoms with Crippen molar-refractivity contribution in [2.45, 2.75) is 19.6 Å². The first-order valence-electron chi connectivity index (χ1n) is 4.88. The van der Waals surface area contributed by atoms with Crippen LogP contribution in [-0.2, 0) is 16.6 Å². The summed E-state index contributed by atoms with van der Waals surface area (Å²) in [6.07, 6.45) is 0. The molecule has 2 N–H and O–H groups in total. The molecule has 0 amide bonds. The Morgan fingerprint density at radius 3 is 2.67 bits per heavy atom. The van der Waals surface area contributed by atoms with Gasteiger partial charge in [0.15, 0.2) is 0 Å². The van der Waals surface area contributed by atoms with Gasteiger partial charge in [0, 0.05) is 32.3 Å². The van der Waals surface area contributed by atoms with Crippen molar-refractivity contribution in [3.63, 3.8) is 0 Å². The van der Waals surface area contributed by atoms with Gasteiger partial charge in [-0.25, -0.2) is 0 Å². The lowest BCUT2D eigenvalue weighted by Crippen LogP contribution is -2.08. The van der Waals surface area contributed by atoms with E-state index in [1.807, 2.05) is 18.2 Å². The van der Waals surface area contributed by atoms with Gasteiger partial charge in [0.1, 0.15) is 0 Å². The van der Waals surface area contributed by atoms with Crippen LogP contribution in [0.3, 0.4) is 0 Å². The van der Waals surface area contributed by atoms with Crippen LogP contribution in [0.15, 0.2) is 22.7 Å². The summed E-state index contributed by atoms with van der Waals surface area (Å²) >= 11 is 3.43. The molecule has 0 fully saturated rings. The molecule has 0 saturated heterocycles. The second kappa shape index (κ2) is 5.66. The standard InChI is InChI=1S/C11H16BrNOS/c1-8(2)6-15(14)7-9-10(12)4-3-5-11(9)13/h3-5,8H,6-7,13H2,1-2H3. The Morgan fingerprint density at radius 1 is 1.47 bits per heavy atom. The van der Waals surface area contributed by atoms with E-state index in [1.165, 1.54) is 0 Å². The SMILES string of the molecule is CC(C)CS(=O)Cc1c(N)cccc1Br. The van der Waals surface area contributed by atoms with Gasteiger partial charge >= 0.3 is 0 Å². The molecule has 0 radical (unpaired) electrons. The van der Waals surface area contributed by atoms with Crippen LogP contribution in [0.4, 0.5) is 5.69 Å². The van der Waals surface area contributed by atoms with Crippen LogP contribution in [0.5, 0.6) is 0 Å². The smallest absolute Gasteiger partial charge is 0.0517 e. The van der Waals surface area contributed by atoms with E-state index in [4.69, 9.17) is 5.73 Å². The Hall–Kier alpha value is -0.350. The molecule has 1 aromatic carbocycles. The monoisotopic (exact) mass is 289 g/mol. The lowest BCUT2D eigenvalue weighted by atomic mass is 10.2. The van der Waals surface area contributed by atoms with Crippen molar-refractivity contribution in [1.29, 1.82) is 0 Å². The van der Waals surface area contributed by atoms with Crippen LogP contribution >= 0.6 is 15.9 Å². The van der Waals surface area contributed by atoms with E-state index < -0.39 is 10.8 Å². The van der Waals surface area contributed by atoms with Crippen LogP contribution in [0, 0.1) is 5.92 Å². The minimum Gasteiger partial charge on any atom is -0.398 e. The molecule has 0 bridgehead atoms. The second-order valence-electron chi connectivity index (χ2n) is 3.95. The highest BCUT2D eigenvalue weighted by molar-refractivity contribution is 9.10. The summed E-state index contributed by atoms with van der Waals surface area (Å²) in [5.74, 6) is 1.71. The number of hydrogen-bond acceptors (Lipinski definition) is 2. The van der Waals surface area contributed by atoms with E-state index in [9.17, 15) is 4.21 Å². The summed E-state index contributed by atoms with van der Waals surface area (Å²) in [6, 6.07) is 5.65. The molecule has 1 aromatic rings. The minimum atomic E-state index is -0.832. The maximum absolute atomic E-state index is 11.8. The number of benzene rings is 1. The third kappa shape index (κ3) is 3.95. The lowest BCUT2D eigenvalue weighted by molar-refractivity contribution is 0.664. The fourth-order valence-electron chi connectivity index (χ4n) is 1.32. The third-order valence-corrected chi connectivity index (χ3v) is 4.37. The van der Waals surface area contributed by atoms with Gasteiger partial charge < -0.3 is 5.73 Å². The molecule has 0 spiro atoms. The average Bonchev–Trinajstić information content (AvgIpc) is 2.10. The summed E-state index contributed by atoms with van der Waals surface area (Å²) in [6.45, 7) is 4.14. The fourth-order valence-corrected chi connectivity index (χ4v) is 3.53. The zero-order chi connectivity index (χ0) is 11.4. The van der Waals surface area contributed by atoms with Crippen LogP contribution in [0.25, 0.3) is 0 Å². The number of hydrogen-bond donors (Lipinski definition) is 1. The molecule has 0 aliphatic heterocycles. The lowest BCUT2D eigenvalue weighted by Gasteiger charge is -2.09. The van der Waals surface area contributed by atoms with Gasteiger partial charge in [-0.15, -0.1) is 0 Å². The Balaban J connectivity index is 2.76. The van der Waals surface area contributed by atoms with Crippen LogP contribution in [-0.4, -0.2) is 9.96 Å². The van der Waals surface area contributed by atoms with Crippen molar-refractivity contribution in [3.05, 3.63) is 28.2 Å². The van der Waals surface area contributed by atoms with Crippen molar-refractivity contribution in [3.8, 4) is 0 Å². The Labute approximate surface area is 102 Å². The molecule has 2 nitrogen and oxygen atoms in total. The highest BCUT2D eigenvalue weighted by atomic mass is 79.9. The first-order valence-corrected chi connectivity index (χ1v) is 7.16. The molecule has 1 unspecified atom stereocenters. The number of halogens is 1. The van der Waals surface area contributed by atoms with Crippen molar-refractivity contribution in [2.24, 2.45) is 5.92 Å². The summed E-state index contributed by atoms with van der Waals surface area (Å²) in [7, 11) is -0.832. The second-order valence-corrected chi connectivity index (χ2v) is 6.31. The van der Waals surface area contributed by atoms with Gasteiger partial charge in [-0.1, -0.05) is 35.8 Å². The number of nitrogens with two attached hydrogens (primary N) is 1. The first-order chi connectivity index (χ1) is 7.00. The molecule has 0 saturated carbocycles. The molecule has 0 heterocycles. The predicted molar refractivity (Wildman–Crippen MR) is 70.1 cm³/mol. The van der Waals surface area contributed by atoms with Crippen LogP contribution in [0.2, 0.25) is 0 Å². The molecular formula is C11H16BrNOS. The Bertz CT molecular complexity index is 345. The maximum Gasteiger partial charge on any atom is 0.0517 e. The third-order valence-electron chi connectivity index (χ3n) is 1.98. The quantitative estimate of drug-likeness (QED) is 0.866. The van der Waals surface area contributed by atoms with E-state index in [0.29, 0.717) is 17.4 Å². The van der Waals surface area contributed by atoms with Gasteiger partial charge in [-0.05, 0) is 18.1 Å². The fraction of sp³-hybridized carbons (Fsp3) is 0.455.